The van der Waals surface area contributed by atoms with Crippen LogP contribution in [0.5, 0.6) is 0 Å². The van der Waals surface area contributed by atoms with E-state index >= 15 is 0 Å². The van der Waals surface area contributed by atoms with Gasteiger partial charge in [0.25, 0.3) is 0 Å². The minimum atomic E-state index is -3.05. The Morgan fingerprint density at radius 2 is 2.04 bits per heavy atom. The van der Waals surface area contributed by atoms with Crippen LogP contribution < -0.4 is 15.5 Å². The first-order valence-electron chi connectivity index (χ1n) is 7.64. The molecule has 6 nitrogen and oxygen atoms in total. The van der Waals surface area contributed by atoms with Crippen LogP contribution in [0, 0.1) is 11.6 Å². The van der Waals surface area contributed by atoms with Crippen molar-refractivity contribution in [1.29, 1.82) is 0 Å². The van der Waals surface area contributed by atoms with E-state index in [1.165, 1.54) is 24.5 Å². The number of anilines is 1. The molecule has 0 bridgehead atoms. The standard InChI is InChI=1S/C15H22F2N4O2S/c1-18-15(19-7-9-24(2,22)23)20-11-6-8-21(10-11)14-12(16)4-3-5-13(14)17/h3-5,11H,6-10H2,1-2H3,(H2,18,19,20). The van der Waals surface area contributed by atoms with Crippen molar-refractivity contribution in [2.45, 2.75) is 12.5 Å². The number of nitrogens with zero attached hydrogens (tertiary/aromatic N) is 2. The van der Waals surface area contributed by atoms with Gasteiger partial charge in [0.15, 0.2) is 5.96 Å². The highest BCUT2D eigenvalue weighted by atomic mass is 32.2. The average Bonchev–Trinajstić information content (AvgIpc) is 2.93. The number of aliphatic imine (C=N–C) groups is 1. The third kappa shape index (κ3) is 5.05. The van der Waals surface area contributed by atoms with Crippen molar-refractivity contribution < 1.29 is 17.2 Å². The Balaban J connectivity index is 1.91. The molecule has 134 valence electrons. The van der Waals surface area contributed by atoms with Gasteiger partial charge in [0.05, 0.1) is 5.75 Å². The Morgan fingerprint density at radius 1 is 1.38 bits per heavy atom. The summed E-state index contributed by atoms with van der Waals surface area (Å²) in [6, 6.07) is 3.79. The fourth-order valence-corrected chi connectivity index (χ4v) is 3.09. The number of hydrogen-bond acceptors (Lipinski definition) is 4. The van der Waals surface area contributed by atoms with Gasteiger partial charge in [-0.2, -0.15) is 0 Å². The molecule has 0 aliphatic carbocycles. The molecule has 0 radical (unpaired) electrons. The molecule has 2 rings (SSSR count). The van der Waals surface area contributed by atoms with Crippen LogP contribution in [-0.4, -0.2) is 59.1 Å². The van der Waals surface area contributed by atoms with Gasteiger partial charge in [0.1, 0.15) is 27.2 Å². The Labute approximate surface area is 140 Å². The number of sulfone groups is 1. The Kier molecular flexibility index (Phi) is 5.98. The zero-order valence-corrected chi connectivity index (χ0v) is 14.5. The molecule has 9 heteroatoms. The molecule has 1 aliphatic heterocycles. The summed E-state index contributed by atoms with van der Waals surface area (Å²) in [7, 11) is -1.46. The zero-order valence-electron chi connectivity index (χ0n) is 13.7. The number of para-hydroxylation sites is 1. The lowest BCUT2D eigenvalue weighted by molar-refractivity contribution is 0.576. The second-order valence-electron chi connectivity index (χ2n) is 5.78. The van der Waals surface area contributed by atoms with E-state index in [0.717, 1.165) is 0 Å². The normalized spacial score (nSPS) is 18.8. The Hall–Kier alpha value is -1.90. The summed E-state index contributed by atoms with van der Waals surface area (Å²) in [6.07, 6.45) is 1.86. The first kappa shape index (κ1) is 18.4. The molecule has 0 saturated carbocycles. The Morgan fingerprint density at radius 3 is 2.62 bits per heavy atom. The maximum Gasteiger partial charge on any atom is 0.191 e. The SMILES string of the molecule is CN=C(NCCS(C)(=O)=O)NC1CCN(c2c(F)cccc2F)C1. The first-order chi connectivity index (χ1) is 11.3. The Bertz CT molecular complexity index is 689. The van der Waals surface area contributed by atoms with Gasteiger partial charge in [-0.05, 0) is 18.6 Å². The molecule has 24 heavy (non-hydrogen) atoms. The largest absolute Gasteiger partial charge is 0.365 e. The van der Waals surface area contributed by atoms with Gasteiger partial charge in [-0.1, -0.05) is 6.07 Å². The van der Waals surface area contributed by atoms with Crippen molar-refractivity contribution in [3.8, 4) is 0 Å². The molecule has 1 heterocycles. The third-order valence-corrected chi connectivity index (χ3v) is 4.72. The summed E-state index contributed by atoms with van der Waals surface area (Å²) in [5.74, 6) is -0.678. The van der Waals surface area contributed by atoms with E-state index in [0.29, 0.717) is 25.5 Å². The van der Waals surface area contributed by atoms with Gasteiger partial charge in [-0.25, -0.2) is 17.2 Å². The maximum atomic E-state index is 13.8. The van der Waals surface area contributed by atoms with Gasteiger partial charge >= 0.3 is 0 Å². The summed E-state index contributed by atoms with van der Waals surface area (Å²) in [4.78, 5) is 5.70. The van der Waals surface area contributed by atoms with Gasteiger partial charge in [0, 0.05) is 39.0 Å². The van der Waals surface area contributed by atoms with E-state index in [-0.39, 0.29) is 24.0 Å². The topological polar surface area (TPSA) is 73.8 Å². The van der Waals surface area contributed by atoms with Crippen LogP contribution in [0.4, 0.5) is 14.5 Å². The molecule has 1 fully saturated rings. The number of nitrogens with one attached hydrogen (secondary N) is 2. The highest BCUT2D eigenvalue weighted by molar-refractivity contribution is 7.90. The minimum Gasteiger partial charge on any atom is -0.365 e. The van der Waals surface area contributed by atoms with Crippen LogP contribution in [0.2, 0.25) is 0 Å². The smallest absolute Gasteiger partial charge is 0.191 e. The van der Waals surface area contributed by atoms with Crippen LogP contribution in [0.25, 0.3) is 0 Å². The molecule has 1 atom stereocenters. The number of guanidine groups is 1. The summed E-state index contributed by atoms with van der Waals surface area (Å²) in [6.45, 7) is 1.21. The molecule has 1 aromatic rings. The summed E-state index contributed by atoms with van der Waals surface area (Å²) < 4.78 is 49.9. The number of benzene rings is 1. The molecule has 0 spiro atoms. The fraction of sp³-hybridized carbons (Fsp3) is 0.533. The molecule has 1 aromatic carbocycles. The van der Waals surface area contributed by atoms with Crippen LogP contribution in [0.15, 0.2) is 23.2 Å². The van der Waals surface area contributed by atoms with Gasteiger partial charge < -0.3 is 15.5 Å². The number of hydrogen-bond donors (Lipinski definition) is 2. The van der Waals surface area contributed by atoms with Crippen molar-refractivity contribution in [3.05, 3.63) is 29.8 Å². The molecule has 1 saturated heterocycles. The lowest BCUT2D eigenvalue weighted by atomic mass is 10.2. The predicted molar refractivity (Wildman–Crippen MR) is 91.2 cm³/mol. The molecule has 2 N–H and O–H groups in total. The average molecular weight is 360 g/mol. The highest BCUT2D eigenvalue weighted by Gasteiger charge is 2.27. The molecule has 1 aliphatic rings. The molecule has 0 amide bonds. The van der Waals surface area contributed by atoms with Crippen molar-refractivity contribution in [3.63, 3.8) is 0 Å². The van der Waals surface area contributed by atoms with Crippen molar-refractivity contribution in [2.75, 3.05) is 43.6 Å². The minimum absolute atomic E-state index is 0.00489. The molecule has 0 aromatic heterocycles. The van der Waals surface area contributed by atoms with Crippen LogP contribution in [-0.2, 0) is 9.84 Å². The molecular formula is C15H22F2N4O2S. The lowest BCUT2D eigenvalue weighted by Gasteiger charge is -2.21. The summed E-state index contributed by atoms with van der Waals surface area (Å²) in [5.41, 5.74) is -0.0122. The lowest BCUT2D eigenvalue weighted by Crippen LogP contribution is -2.45. The predicted octanol–water partition coefficient (Wildman–Crippen LogP) is 0.753. The van der Waals surface area contributed by atoms with E-state index in [9.17, 15) is 17.2 Å². The monoisotopic (exact) mass is 360 g/mol. The number of rotatable bonds is 5. The number of halogens is 2. The van der Waals surface area contributed by atoms with Crippen LogP contribution in [0.1, 0.15) is 6.42 Å². The van der Waals surface area contributed by atoms with Gasteiger partial charge in [-0.15, -0.1) is 0 Å². The van der Waals surface area contributed by atoms with Gasteiger partial charge in [-0.3, -0.25) is 4.99 Å². The quantitative estimate of drug-likeness (QED) is 0.599. The molecular weight excluding hydrogens is 338 g/mol. The van der Waals surface area contributed by atoms with E-state index in [2.05, 4.69) is 15.6 Å². The summed E-state index contributed by atoms with van der Waals surface area (Å²) in [5, 5.41) is 6.07. The first-order valence-corrected chi connectivity index (χ1v) is 9.70. The second kappa shape index (κ2) is 7.78. The summed E-state index contributed by atoms with van der Waals surface area (Å²) >= 11 is 0. The fourth-order valence-electron chi connectivity index (χ4n) is 2.62. The third-order valence-electron chi connectivity index (χ3n) is 3.77. The highest BCUT2D eigenvalue weighted by Crippen LogP contribution is 2.26. The van der Waals surface area contributed by atoms with E-state index < -0.39 is 21.5 Å². The van der Waals surface area contributed by atoms with E-state index in [1.807, 2.05) is 0 Å². The van der Waals surface area contributed by atoms with Crippen LogP contribution >= 0.6 is 0 Å². The van der Waals surface area contributed by atoms with Crippen molar-refractivity contribution in [1.82, 2.24) is 10.6 Å². The van der Waals surface area contributed by atoms with Crippen LogP contribution in [0.3, 0.4) is 0 Å². The zero-order chi connectivity index (χ0) is 17.7. The van der Waals surface area contributed by atoms with Crippen molar-refractivity contribution in [2.24, 2.45) is 4.99 Å². The maximum absolute atomic E-state index is 13.8. The van der Waals surface area contributed by atoms with Crippen molar-refractivity contribution >= 4 is 21.5 Å². The van der Waals surface area contributed by atoms with E-state index in [4.69, 9.17) is 0 Å². The van der Waals surface area contributed by atoms with E-state index in [1.54, 1.807) is 11.9 Å². The molecule has 1 unspecified atom stereocenters. The second-order valence-corrected chi connectivity index (χ2v) is 8.03. The van der Waals surface area contributed by atoms with Gasteiger partial charge in [0.2, 0.25) is 0 Å².